The van der Waals surface area contributed by atoms with Gasteiger partial charge in [-0.3, -0.25) is 4.79 Å². The zero-order valence-corrected chi connectivity index (χ0v) is 18.7. The fourth-order valence-corrected chi connectivity index (χ4v) is 4.03. The second-order valence-electron chi connectivity index (χ2n) is 8.08. The van der Waals surface area contributed by atoms with Gasteiger partial charge in [-0.15, -0.1) is 0 Å². The van der Waals surface area contributed by atoms with Gasteiger partial charge in [-0.2, -0.15) is 0 Å². The summed E-state index contributed by atoms with van der Waals surface area (Å²) in [6, 6.07) is 22.8. The molecular weight excluding hydrogens is 398 g/mol. The average molecular weight is 430 g/mol. The number of nitrogens with zero attached hydrogens (tertiary/aromatic N) is 2. The molecule has 4 aromatic rings. The summed E-state index contributed by atoms with van der Waals surface area (Å²) in [6.45, 7) is 4.21. The van der Waals surface area contributed by atoms with E-state index in [9.17, 15) is 4.79 Å². The van der Waals surface area contributed by atoms with E-state index < -0.39 is 0 Å². The molecule has 1 amide bonds. The molecule has 5 heteroatoms. The Morgan fingerprint density at radius 1 is 1.00 bits per heavy atom. The van der Waals surface area contributed by atoms with Crippen molar-refractivity contribution in [3.05, 3.63) is 72.6 Å². The number of imidazole rings is 1. The molecule has 0 fully saturated rings. The quantitative estimate of drug-likeness (QED) is 0.320. The minimum absolute atomic E-state index is 0.131. The lowest BCUT2D eigenvalue weighted by atomic mass is 10.1. The predicted molar refractivity (Wildman–Crippen MR) is 130 cm³/mol. The van der Waals surface area contributed by atoms with Crippen LogP contribution in [0.5, 0.6) is 5.75 Å². The van der Waals surface area contributed by atoms with Crippen molar-refractivity contribution in [3.8, 4) is 5.75 Å². The number of hydrogen-bond donors (Lipinski definition) is 1. The summed E-state index contributed by atoms with van der Waals surface area (Å²) < 4.78 is 8.33. The molecule has 0 aliphatic rings. The Balaban J connectivity index is 1.34. The Labute approximate surface area is 189 Å². The van der Waals surface area contributed by atoms with E-state index in [4.69, 9.17) is 9.72 Å². The fourth-order valence-electron chi connectivity index (χ4n) is 4.03. The Morgan fingerprint density at radius 2 is 1.81 bits per heavy atom. The molecule has 0 bridgehead atoms. The van der Waals surface area contributed by atoms with Crippen molar-refractivity contribution in [3.63, 3.8) is 0 Å². The van der Waals surface area contributed by atoms with E-state index in [0.717, 1.165) is 54.8 Å². The Hall–Kier alpha value is -3.34. The molecule has 0 aliphatic carbocycles. The number of carbonyl (C=O) groups excluding carboxylic acids is 1. The van der Waals surface area contributed by atoms with Gasteiger partial charge in [0.1, 0.15) is 11.6 Å². The van der Waals surface area contributed by atoms with E-state index in [-0.39, 0.29) is 5.91 Å². The number of nitrogens with one attached hydrogen (secondary N) is 1. The minimum atomic E-state index is 0.131. The summed E-state index contributed by atoms with van der Waals surface area (Å²) in [7, 11) is 0. The number of aromatic nitrogens is 2. The largest absolute Gasteiger partial charge is 0.494 e. The van der Waals surface area contributed by atoms with E-state index in [1.54, 1.807) is 0 Å². The van der Waals surface area contributed by atoms with Gasteiger partial charge in [-0.1, -0.05) is 49.4 Å². The number of hydrogen-bond acceptors (Lipinski definition) is 3. The van der Waals surface area contributed by atoms with E-state index in [2.05, 4.69) is 58.4 Å². The lowest BCUT2D eigenvalue weighted by molar-refractivity contribution is -0.121. The second kappa shape index (κ2) is 10.8. The van der Waals surface area contributed by atoms with E-state index >= 15 is 0 Å². The molecule has 4 rings (SSSR count). The van der Waals surface area contributed by atoms with Gasteiger partial charge in [0.15, 0.2) is 0 Å². The van der Waals surface area contributed by atoms with Crippen LogP contribution in [0.1, 0.15) is 38.4 Å². The van der Waals surface area contributed by atoms with Gasteiger partial charge in [0.2, 0.25) is 5.91 Å². The summed E-state index contributed by atoms with van der Waals surface area (Å²) in [4.78, 5) is 16.5. The van der Waals surface area contributed by atoms with Gasteiger partial charge < -0.3 is 14.6 Å². The highest BCUT2D eigenvalue weighted by atomic mass is 16.5. The number of para-hydroxylation sites is 2. The second-order valence-corrected chi connectivity index (χ2v) is 8.08. The number of carbonyl (C=O) groups is 1. The Morgan fingerprint density at radius 3 is 2.69 bits per heavy atom. The first-order valence-electron chi connectivity index (χ1n) is 11.6. The highest BCUT2D eigenvalue weighted by Gasteiger charge is 2.10. The lowest BCUT2D eigenvalue weighted by Crippen LogP contribution is -2.24. The van der Waals surface area contributed by atoms with Crippen LogP contribution in [0.4, 0.5) is 0 Å². The standard InChI is InChI=1S/C27H31N3O2/c1-2-9-27(31)28-17-7-14-26-29-24-12-5-6-13-25(24)30(26)18-8-19-32-23-16-15-21-10-3-4-11-22(21)20-23/h3-6,10-13,15-16,20H,2,7-9,14,17-19H2,1H3,(H,28,31). The monoisotopic (exact) mass is 429 g/mol. The predicted octanol–water partition coefficient (Wildman–Crippen LogP) is 5.51. The Kier molecular flexibility index (Phi) is 7.38. The molecule has 0 atom stereocenters. The summed E-state index contributed by atoms with van der Waals surface area (Å²) >= 11 is 0. The number of aryl methyl sites for hydroxylation is 2. The van der Waals surface area contributed by atoms with Crippen LogP contribution in [-0.4, -0.2) is 28.6 Å². The third-order valence-electron chi connectivity index (χ3n) is 5.63. The maximum atomic E-state index is 11.7. The van der Waals surface area contributed by atoms with Crippen LogP contribution in [0.2, 0.25) is 0 Å². The third kappa shape index (κ3) is 5.47. The third-order valence-corrected chi connectivity index (χ3v) is 5.63. The van der Waals surface area contributed by atoms with Crippen LogP contribution in [0.25, 0.3) is 21.8 Å². The van der Waals surface area contributed by atoms with Crippen LogP contribution in [0, 0.1) is 0 Å². The van der Waals surface area contributed by atoms with Gasteiger partial charge in [-0.05, 0) is 54.3 Å². The van der Waals surface area contributed by atoms with E-state index in [1.165, 1.54) is 10.8 Å². The van der Waals surface area contributed by atoms with Crippen LogP contribution >= 0.6 is 0 Å². The summed E-state index contributed by atoms with van der Waals surface area (Å²) in [6.07, 6.45) is 4.09. The molecule has 1 N–H and O–H groups in total. The van der Waals surface area contributed by atoms with Gasteiger partial charge in [0.25, 0.3) is 0 Å². The van der Waals surface area contributed by atoms with E-state index in [1.807, 2.05) is 25.1 Å². The first kappa shape index (κ1) is 21.9. The fraction of sp³-hybridized carbons (Fsp3) is 0.333. The number of fused-ring (bicyclic) bond motifs is 2. The van der Waals surface area contributed by atoms with Crippen LogP contribution in [-0.2, 0) is 17.8 Å². The highest BCUT2D eigenvalue weighted by Crippen LogP contribution is 2.21. The molecule has 0 spiro atoms. The van der Waals surface area contributed by atoms with Crippen LogP contribution < -0.4 is 10.1 Å². The van der Waals surface area contributed by atoms with Gasteiger partial charge >= 0.3 is 0 Å². The first-order chi connectivity index (χ1) is 15.7. The molecule has 3 aromatic carbocycles. The summed E-state index contributed by atoms with van der Waals surface area (Å²) in [5.41, 5.74) is 2.18. The number of benzene rings is 3. The lowest BCUT2D eigenvalue weighted by Gasteiger charge is -2.11. The maximum Gasteiger partial charge on any atom is 0.219 e. The van der Waals surface area contributed by atoms with Crippen molar-refractivity contribution >= 4 is 27.7 Å². The van der Waals surface area contributed by atoms with Gasteiger partial charge in [-0.25, -0.2) is 4.98 Å². The van der Waals surface area contributed by atoms with Crippen LogP contribution in [0.3, 0.4) is 0 Å². The number of amides is 1. The molecule has 0 unspecified atom stereocenters. The molecule has 166 valence electrons. The molecule has 1 heterocycles. The Bertz CT molecular complexity index is 1180. The average Bonchev–Trinajstić information content (AvgIpc) is 3.17. The zero-order chi connectivity index (χ0) is 22.2. The normalized spacial score (nSPS) is 11.2. The smallest absolute Gasteiger partial charge is 0.219 e. The minimum Gasteiger partial charge on any atom is -0.494 e. The topological polar surface area (TPSA) is 56.2 Å². The van der Waals surface area contributed by atoms with Crippen molar-refractivity contribution in [2.24, 2.45) is 0 Å². The molecule has 0 aliphatic heterocycles. The van der Waals surface area contributed by atoms with Crippen molar-refractivity contribution in [2.45, 2.75) is 45.6 Å². The number of ether oxygens (including phenoxy) is 1. The van der Waals surface area contributed by atoms with Gasteiger partial charge in [0.05, 0.1) is 17.6 Å². The zero-order valence-electron chi connectivity index (χ0n) is 18.7. The SMILES string of the molecule is CCCC(=O)NCCCc1nc2ccccc2n1CCCOc1ccc2ccccc2c1. The summed E-state index contributed by atoms with van der Waals surface area (Å²) in [5, 5.41) is 5.41. The van der Waals surface area contributed by atoms with Crippen molar-refractivity contribution in [2.75, 3.05) is 13.2 Å². The highest BCUT2D eigenvalue weighted by molar-refractivity contribution is 5.83. The molecule has 32 heavy (non-hydrogen) atoms. The molecule has 0 radical (unpaired) electrons. The molecule has 5 nitrogen and oxygen atoms in total. The molecular formula is C27H31N3O2. The molecule has 1 aromatic heterocycles. The van der Waals surface area contributed by atoms with Crippen molar-refractivity contribution in [1.82, 2.24) is 14.9 Å². The number of rotatable bonds is 11. The van der Waals surface area contributed by atoms with Crippen molar-refractivity contribution < 1.29 is 9.53 Å². The summed E-state index contributed by atoms with van der Waals surface area (Å²) in [5.74, 6) is 2.11. The van der Waals surface area contributed by atoms with E-state index in [0.29, 0.717) is 19.6 Å². The maximum absolute atomic E-state index is 11.7. The first-order valence-corrected chi connectivity index (χ1v) is 11.6. The van der Waals surface area contributed by atoms with Crippen LogP contribution in [0.15, 0.2) is 66.7 Å². The van der Waals surface area contributed by atoms with Crippen molar-refractivity contribution in [1.29, 1.82) is 0 Å². The molecule has 0 saturated carbocycles. The molecule has 0 saturated heterocycles. The van der Waals surface area contributed by atoms with Gasteiger partial charge in [0, 0.05) is 25.9 Å².